The van der Waals surface area contributed by atoms with E-state index in [4.69, 9.17) is 22.1 Å². The molecule has 0 bridgehead atoms. The average molecular weight is 395 g/mol. The maximum Gasteiger partial charge on any atom is 0.257 e. The molecule has 0 spiro atoms. The highest BCUT2D eigenvalue weighted by molar-refractivity contribution is 6.33. The predicted molar refractivity (Wildman–Crippen MR) is 108 cm³/mol. The van der Waals surface area contributed by atoms with Crippen LogP contribution in [-0.2, 0) is 6.42 Å². The van der Waals surface area contributed by atoms with Gasteiger partial charge in [0.1, 0.15) is 5.75 Å². The summed E-state index contributed by atoms with van der Waals surface area (Å²) in [5.74, 6) is 0.856. The third kappa shape index (κ3) is 4.08. The lowest BCUT2D eigenvalue weighted by Crippen LogP contribution is -2.36. The van der Waals surface area contributed by atoms with Crippen LogP contribution in [0.3, 0.4) is 0 Å². The fourth-order valence-electron chi connectivity index (χ4n) is 3.54. The number of amides is 1. The third-order valence-electron chi connectivity index (χ3n) is 5.07. The number of rotatable bonds is 4. The number of carbonyl (C=O) groups excluding carboxylic acids is 1. The first-order valence-corrected chi connectivity index (χ1v) is 8.87. The minimum Gasteiger partial charge on any atom is -0.496 e. The van der Waals surface area contributed by atoms with Gasteiger partial charge in [-0.25, -0.2) is 0 Å². The molecule has 0 aromatic heterocycles. The van der Waals surface area contributed by atoms with Crippen LogP contribution >= 0.6 is 24.0 Å². The highest BCUT2D eigenvalue weighted by atomic mass is 35.5. The van der Waals surface area contributed by atoms with Crippen LogP contribution in [0.15, 0.2) is 42.5 Å². The minimum atomic E-state index is -0.0539. The van der Waals surface area contributed by atoms with Gasteiger partial charge in [0, 0.05) is 18.7 Å². The number of anilines is 1. The number of hydrogen-bond donors (Lipinski definition) is 1. The molecule has 2 aromatic carbocycles. The zero-order valence-corrected chi connectivity index (χ0v) is 16.5. The van der Waals surface area contributed by atoms with Crippen molar-refractivity contribution in [1.82, 2.24) is 4.90 Å². The molecule has 4 nitrogen and oxygen atoms in total. The molecule has 0 aliphatic carbocycles. The lowest BCUT2D eigenvalue weighted by molar-refractivity contribution is 0.0729. The number of ether oxygens (including phenoxy) is 1. The van der Waals surface area contributed by atoms with Crippen LogP contribution in [0.1, 0.15) is 29.3 Å². The van der Waals surface area contributed by atoms with E-state index >= 15 is 0 Å². The van der Waals surface area contributed by atoms with E-state index in [0.29, 0.717) is 27.9 Å². The molecule has 1 aliphatic rings. The van der Waals surface area contributed by atoms with Gasteiger partial charge >= 0.3 is 0 Å². The van der Waals surface area contributed by atoms with E-state index in [2.05, 4.69) is 31.2 Å². The number of methoxy groups -OCH3 is 1. The number of carbonyl (C=O) groups is 1. The van der Waals surface area contributed by atoms with E-state index in [-0.39, 0.29) is 24.4 Å². The highest BCUT2D eigenvalue weighted by Gasteiger charge is 2.35. The van der Waals surface area contributed by atoms with Crippen molar-refractivity contribution in [2.45, 2.75) is 25.8 Å². The van der Waals surface area contributed by atoms with Crippen LogP contribution in [0, 0.1) is 5.92 Å². The number of nitrogens with zero attached hydrogens (tertiary/aromatic N) is 1. The van der Waals surface area contributed by atoms with Crippen molar-refractivity contribution in [2.24, 2.45) is 5.92 Å². The van der Waals surface area contributed by atoms with E-state index in [1.807, 2.05) is 11.0 Å². The summed E-state index contributed by atoms with van der Waals surface area (Å²) in [4.78, 5) is 15.0. The van der Waals surface area contributed by atoms with Gasteiger partial charge in [0.15, 0.2) is 0 Å². The van der Waals surface area contributed by atoms with Crippen molar-refractivity contribution in [3.8, 4) is 5.75 Å². The number of benzene rings is 2. The molecule has 140 valence electrons. The van der Waals surface area contributed by atoms with Crippen molar-refractivity contribution >= 4 is 35.6 Å². The zero-order valence-electron chi connectivity index (χ0n) is 14.9. The van der Waals surface area contributed by atoms with Crippen LogP contribution in [-0.4, -0.2) is 30.5 Å². The molecule has 1 saturated heterocycles. The number of halogens is 2. The summed E-state index contributed by atoms with van der Waals surface area (Å²) in [6.07, 6.45) is 1.97. The molecule has 3 rings (SSSR count). The van der Waals surface area contributed by atoms with E-state index in [1.54, 1.807) is 12.1 Å². The van der Waals surface area contributed by atoms with Gasteiger partial charge in [-0.2, -0.15) is 0 Å². The van der Waals surface area contributed by atoms with Crippen molar-refractivity contribution < 1.29 is 9.53 Å². The summed E-state index contributed by atoms with van der Waals surface area (Å²) in [6, 6.07) is 13.8. The molecular formula is C20H24Cl2N2O2. The Morgan fingerprint density at radius 3 is 2.65 bits per heavy atom. The van der Waals surface area contributed by atoms with Crippen molar-refractivity contribution in [3.63, 3.8) is 0 Å². The minimum absolute atomic E-state index is 0. The molecule has 1 amide bonds. The van der Waals surface area contributed by atoms with Gasteiger partial charge in [0.2, 0.25) is 0 Å². The molecule has 2 aromatic rings. The Balaban J connectivity index is 0.00000243. The standard InChI is InChI=1S/C20H23ClN2O2.ClH/c1-13-15(10-14-6-4-3-5-7-14)8-9-23(13)20(24)16-11-17(21)18(22)12-19(16)25-2;/h3-7,11-13,15H,8-10,22H2,1-2H3;1H. The Morgan fingerprint density at radius 1 is 1.31 bits per heavy atom. The third-order valence-corrected chi connectivity index (χ3v) is 5.39. The Bertz CT molecular complexity index is 768. The molecule has 1 fully saturated rings. The summed E-state index contributed by atoms with van der Waals surface area (Å²) >= 11 is 6.11. The van der Waals surface area contributed by atoms with Gasteiger partial charge in [0.05, 0.1) is 23.4 Å². The van der Waals surface area contributed by atoms with Gasteiger partial charge in [-0.15, -0.1) is 12.4 Å². The maximum atomic E-state index is 13.0. The smallest absolute Gasteiger partial charge is 0.257 e. The SMILES string of the molecule is COc1cc(N)c(Cl)cc1C(=O)N1CCC(Cc2ccccc2)C1C.Cl. The summed E-state index contributed by atoms with van der Waals surface area (Å²) in [7, 11) is 1.53. The quantitative estimate of drug-likeness (QED) is 0.779. The largest absolute Gasteiger partial charge is 0.496 e. The van der Waals surface area contributed by atoms with E-state index < -0.39 is 0 Å². The van der Waals surface area contributed by atoms with Gasteiger partial charge in [0.25, 0.3) is 5.91 Å². The van der Waals surface area contributed by atoms with E-state index in [9.17, 15) is 4.79 Å². The maximum absolute atomic E-state index is 13.0. The van der Waals surface area contributed by atoms with Crippen LogP contribution in [0.25, 0.3) is 0 Å². The molecule has 0 saturated carbocycles. The second-order valence-electron chi connectivity index (χ2n) is 6.55. The lowest BCUT2D eigenvalue weighted by atomic mass is 9.93. The first-order chi connectivity index (χ1) is 12.0. The predicted octanol–water partition coefficient (Wildman–Crippen LogP) is 4.45. The molecule has 6 heteroatoms. The number of likely N-dealkylation sites (tertiary alicyclic amines) is 1. The molecule has 2 unspecified atom stereocenters. The Kier molecular flexibility index (Phi) is 6.79. The summed E-state index contributed by atoms with van der Waals surface area (Å²) < 4.78 is 5.33. The first kappa shape index (κ1) is 20.4. The van der Waals surface area contributed by atoms with Crippen LogP contribution in [0.2, 0.25) is 5.02 Å². The monoisotopic (exact) mass is 394 g/mol. The van der Waals surface area contributed by atoms with Gasteiger partial charge in [-0.05, 0) is 37.3 Å². The Hall–Kier alpha value is -1.91. The van der Waals surface area contributed by atoms with Crippen LogP contribution < -0.4 is 10.5 Å². The molecule has 2 N–H and O–H groups in total. The fourth-order valence-corrected chi connectivity index (χ4v) is 3.70. The molecule has 0 radical (unpaired) electrons. The molecule has 26 heavy (non-hydrogen) atoms. The topological polar surface area (TPSA) is 55.6 Å². The molecular weight excluding hydrogens is 371 g/mol. The summed E-state index contributed by atoms with van der Waals surface area (Å²) in [6.45, 7) is 2.85. The summed E-state index contributed by atoms with van der Waals surface area (Å²) in [5, 5.41) is 0.372. The highest BCUT2D eigenvalue weighted by Crippen LogP contribution is 2.33. The summed E-state index contributed by atoms with van der Waals surface area (Å²) in [5.41, 5.74) is 8.00. The first-order valence-electron chi connectivity index (χ1n) is 8.49. The molecule has 2 atom stereocenters. The zero-order chi connectivity index (χ0) is 18.0. The lowest BCUT2D eigenvalue weighted by Gasteiger charge is -2.26. The Morgan fingerprint density at radius 2 is 2.00 bits per heavy atom. The van der Waals surface area contributed by atoms with Crippen molar-refractivity contribution in [3.05, 3.63) is 58.6 Å². The second kappa shape index (κ2) is 8.65. The number of nitrogens with two attached hydrogens (primary N) is 1. The normalized spacial score (nSPS) is 19.1. The second-order valence-corrected chi connectivity index (χ2v) is 6.96. The number of nitrogen functional groups attached to an aromatic ring is 1. The van der Waals surface area contributed by atoms with Gasteiger partial charge in [-0.1, -0.05) is 41.9 Å². The van der Waals surface area contributed by atoms with Crippen LogP contribution in [0.5, 0.6) is 5.75 Å². The van der Waals surface area contributed by atoms with Gasteiger partial charge < -0.3 is 15.4 Å². The van der Waals surface area contributed by atoms with Crippen molar-refractivity contribution in [1.29, 1.82) is 0 Å². The number of hydrogen-bond acceptors (Lipinski definition) is 3. The van der Waals surface area contributed by atoms with E-state index in [1.165, 1.54) is 12.7 Å². The molecule has 1 aliphatic heterocycles. The molecule has 1 heterocycles. The van der Waals surface area contributed by atoms with Gasteiger partial charge in [-0.3, -0.25) is 4.79 Å². The fraction of sp³-hybridized carbons (Fsp3) is 0.350. The van der Waals surface area contributed by atoms with Crippen LogP contribution in [0.4, 0.5) is 5.69 Å². The Labute approximate surface area is 165 Å². The van der Waals surface area contributed by atoms with E-state index in [0.717, 1.165) is 19.4 Å². The average Bonchev–Trinajstić information content (AvgIpc) is 2.98. The van der Waals surface area contributed by atoms with Crippen molar-refractivity contribution in [2.75, 3.05) is 19.4 Å².